The molecule has 0 N–H and O–H groups in total. The fourth-order valence-corrected chi connectivity index (χ4v) is 0.534. The second-order valence-corrected chi connectivity index (χ2v) is 2.85. The summed E-state index contributed by atoms with van der Waals surface area (Å²) < 4.78 is 5.76. The normalized spacial score (nSPS) is 12.5. The molecule has 3 heteroatoms. The molecule has 0 aliphatic heterocycles. The van der Waals surface area contributed by atoms with Crippen LogP contribution < -0.4 is 0 Å². The van der Waals surface area contributed by atoms with Gasteiger partial charge in [0.25, 0.3) is 0 Å². The Morgan fingerprint density at radius 2 is 2.36 bits per heavy atom. The molecule has 2 nitrogen and oxygen atoms in total. The molecule has 0 atom stereocenters. The van der Waals surface area contributed by atoms with Gasteiger partial charge in [0.1, 0.15) is 0 Å². The average molecular weight is 218 g/mol. The van der Waals surface area contributed by atoms with Gasteiger partial charge >= 0.3 is 0 Å². The van der Waals surface area contributed by atoms with E-state index in [-0.39, 0.29) is 0 Å². The maximum absolute atomic E-state index is 4.82. The Labute approximate surface area is 75.8 Å². The molecule has 0 aromatic rings. The first kappa shape index (κ1) is 10.6. The molecule has 0 saturated carbocycles. The molecule has 0 saturated heterocycles. The van der Waals surface area contributed by atoms with Crippen LogP contribution in [0.4, 0.5) is 0 Å². The highest BCUT2D eigenvalue weighted by molar-refractivity contribution is 9.12. The summed E-state index contributed by atoms with van der Waals surface area (Å²) in [7, 11) is 1.62. The molecule has 0 amide bonds. The van der Waals surface area contributed by atoms with E-state index in [1.807, 2.05) is 13.0 Å². The van der Waals surface area contributed by atoms with Crippen molar-refractivity contribution < 1.29 is 4.74 Å². The summed E-state index contributed by atoms with van der Waals surface area (Å²) in [5, 5.41) is 0. The third-order valence-corrected chi connectivity index (χ3v) is 1.62. The average Bonchev–Trinajstić information content (AvgIpc) is 2.01. The van der Waals surface area contributed by atoms with Crippen molar-refractivity contribution in [2.45, 2.75) is 6.92 Å². The number of hydrogen-bond donors (Lipinski definition) is 0. The van der Waals surface area contributed by atoms with Crippen LogP contribution >= 0.6 is 15.9 Å². The molecule has 0 aromatic carbocycles. The summed E-state index contributed by atoms with van der Waals surface area (Å²) in [5.74, 6) is 0. The van der Waals surface area contributed by atoms with Crippen molar-refractivity contribution in [3.05, 3.63) is 22.8 Å². The molecule has 0 aliphatic rings. The minimum absolute atomic E-state index is 0.473. The molecule has 0 rings (SSSR count). The van der Waals surface area contributed by atoms with Gasteiger partial charge < -0.3 is 4.74 Å². The molecule has 0 aromatic heterocycles. The molecule has 11 heavy (non-hydrogen) atoms. The Balaban J connectivity index is 3.83. The van der Waals surface area contributed by atoms with Crippen molar-refractivity contribution in [3.63, 3.8) is 0 Å². The van der Waals surface area contributed by atoms with E-state index in [9.17, 15) is 0 Å². The van der Waals surface area contributed by atoms with Crippen molar-refractivity contribution in [2.75, 3.05) is 13.7 Å². The lowest BCUT2D eigenvalue weighted by Crippen LogP contribution is -1.89. The molecule has 0 radical (unpaired) electrons. The summed E-state index contributed by atoms with van der Waals surface area (Å²) in [4.78, 5) is 4.03. The monoisotopic (exact) mass is 217 g/mol. The first-order valence-corrected chi connectivity index (χ1v) is 4.02. The quantitative estimate of drug-likeness (QED) is 0.664. The number of rotatable bonds is 4. The van der Waals surface area contributed by atoms with Crippen LogP contribution in [0.15, 0.2) is 27.8 Å². The summed E-state index contributed by atoms with van der Waals surface area (Å²) in [5.41, 5.74) is 0.714. The Bertz CT molecular complexity index is 185. The molecule has 62 valence electrons. The van der Waals surface area contributed by atoms with Crippen LogP contribution in [0.3, 0.4) is 0 Å². The highest BCUT2D eigenvalue weighted by atomic mass is 79.9. The molecule has 0 heterocycles. The van der Waals surface area contributed by atoms with E-state index in [4.69, 9.17) is 4.74 Å². The van der Waals surface area contributed by atoms with E-state index in [2.05, 4.69) is 27.5 Å². The second-order valence-electron chi connectivity index (χ2n) is 1.93. The lowest BCUT2D eigenvalue weighted by atomic mass is 10.5. The van der Waals surface area contributed by atoms with Crippen molar-refractivity contribution in [2.24, 2.45) is 4.99 Å². The SMILES string of the molecule is C=C(COC)N=C/C(Br)=C\C. The van der Waals surface area contributed by atoms with Gasteiger partial charge in [0, 0.05) is 17.8 Å². The minimum Gasteiger partial charge on any atom is -0.378 e. The molecule has 0 aliphatic carbocycles. The zero-order valence-corrected chi connectivity index (χ0v) is 8.39. The van der Waals surface area contributed by atoms with Crippen LogP contribution in [0.25, 0.3) is 0 Å². The second kappa shape index (κ2) is 6.31. The maximum atomic E-state index is 4.82. The molecule has 0 fully saturated rings. The van der Waals surface area contributed by atoms with Gasteiger partial charge in [-0.05, 0) is 22.9 Å². The summed E-state index contributed by atoms with van der Waals surface area (Å²) >= 11 is 3.29. The van der Waals surface area contributed by atoms with Crippen LogP contribution in [0.5, 0.6) is 0 Å². The van der Waals surface area contributed by atoms with Crippen molar-refractivity contribution in [1.29, 1.82) is 0 Å². The van der Waals surface area contributed by atoms with E-state index in [0.717, 1.165) is 4.48 Å². The third kappa shape index (κ3) is 6.01. The maximum Gasteiger partial charge on any atom is 0.0878 e. The smallest absolute Gasteiger partial charge is 0.0878 e. The number of allylic oxidation sites excluding steroid dienone is 2. The first-order chi connectivity index (χ1) is 5.20. The molecular weight excluding hydrogens is 206 g/mol. The molecule has 0 spiro atoms. The van der Waals surface area contributed by atoms with Crippen LogP contribution in [-0.2, 0) is 4.74 Å². The van der Waals surface area contributed by atoms with Crippen LogP contribution in [0.1, 0.15) is 6.92 Å². The van der Waals surface area contributed by atoms with E-state index in [1.165, 1.54) is 0 Å². The van der Waals surface area contributed by atoms with Gasteiger partial charge in [-0.2, -0.15) is 0 Å². The molecular formula is C8H12BrNO. The lowest BCUT2D eigenvalue weighted by Gasteiger charge is -1.94. The van der Waals surface area contributed by atoms with Gasteiger partial charge in [0.2, 0.25) is 0 Å². The Morgan fingerprint density at radius 3 is 2.82 bits per heavy atom. The Morgan fingerprint density at radius 1 is 1.73 bits per heavy atom. The highest BCUT2D eigenvalue weighted by Gasteiger charge is 1.86. The lowest BCUT2D eigenvalue weighted by molar-refractivity contribution is 0.225. The third-order valence-electron chi connectivity index (χ3n) is 0.957. The summed E-state index contributed by atoms with van der Waals surface area (Å²) in [6.45, 7) is 6.08. The van der Waals surface area contributed by atoms with Crippen LogP contribution in [0, 0.1) is 0 Å². The van der Waals surface area contributed by atoms with Crippen molar-refractivity contribution in [1.82, 2.24) is 0 Å². The van der Waals surface area contributed by atoms with E-state index in [0.29, 0.717) is 12.3 Å². The number of methoxy groups -OCH3 is 1. The van der Waals surface area contributed by atoms with Gasteiger partial charge in [-0.3, -0.25) is 4.99 Å². The fourth-order valence-electron chi connectivity index (χ4n) is 0.431. The number of nitrogens with zero attached hydrogens (tertiary/aromatic N) is 1. The van der Waals surface area contributed by atoms with Gasteiger partial charge in [0.15, 0.2) is 0 Å². The molecule has 0 unspecified atom stereocenters. The topological polar surface area (TPSA) is 21.6 Å². The number of aliphatic imine (C=N–C) groups is 1. The van der Waals surface area contributed by atoms with Crippen LogP contribution in [0.2, 0.25) is 0 Å². The standard InChI is InChI=1S/C8H12BrNO/c1-4-8(9)5-10-7(2)6-11-3/h4-5H,2,6H2,1,3H3/b8-4+,10-5?. The van der Waals surface area contributed by atoms with Crippen molar-refractivity contribution >= 4 is 22.1 Å². The van der Waals surface area contributed by atoms with E-state index >= 15 is 0 Å². The predicted molar refractivity (Wildman–Crippen MR) is 52.2 cm³/mol. The van der Waals surface area contributed by atoms with E-state index in [1.54, 1.807) is 13.3 Å². The van der Waals surface area contributed by atoms with Gasteiger partial charge in [-0.15, -0.1) is 0 Å². The summed E-state index contributed by atoms with van der Waals surface area (Å²) in [6, 6.07) is 0. The summed E-state index contributed by atoms with van der Waals surface area (Å²) in [6.07, 6.45) is 3.60. The van der Waals surface area contributed by atoms with Gasteiger partial charge in [0.05, 0.1) is 12.3 Å². The number of ether oxygens (including phenoxy) is 1. The largest absolute Gasteiger partial charge is 0.378 e. The fraction of sp³-hybridized carbons (Fsp3) is 0.375. The van der Waals surface area contributed by atoms with Gasteiger partial charge in [-0.1, -0.05) is 12.7 Å². The first-order valence-electron chi connectivity index (χ1n) is 3.23. The predicted octanol–water partition coefficient (Wildman–Crippen LogP) is 2.52. The van der Waals surface area contributed by atoms with Crippen LogP contribution in [-0.4, -0.2) is 19.9 Å². The van der Waals surface area contributed by atoms with E-state index < -0.39 is 0 Å². The number of halogens is 1. The minimum atomic E-state index is 0.473. The van der Waals surface area contributed by atoms with Crippen molar-refractivity contribution in [3.8, 4) is 0 Å². The zero-order chi connectivity index (χ0) is 8.69. The Hall–Kier alpha value is -0.410. The molecule has 0 bridgehead atoms. The Kier molecular flexibility index (Phi) is 6.07. The number of hydrogen-bond acceptors (Lipinski definition) is 2. The highest BCUT2D eigenvalue weighted by Crippen LogP contribution is 2.01. The zero-order valence-electron chi connectivity index (χ0n) is 6.80. The van der Waals surface area contributed by atoms with Gasteiger partial charge in [-0.25, -0.2) is 0 Å².